The first-order valence-corrected chi connectivity index (χ1v) is 8.02. The average molecular weight is 254 g/mol. The fourth-order valence-electron chi connectivity index (χ4n) is 2.64. The first-order chi connectivity index (χ1) is 8.83. The van der Waals surface area contributed by atoms with Gasteiger partial charge in [-0.3, -0.25) is 4.79 Å². The van der Waals surface area contributed by atoms with Crippen LogP contribution in [0.4, 0.5) is 0 Å². The normalized spacial score (nSPS) is 24.5. The zero-order valence-electron chi connectivity index (χ0n) is 12.1. The highest BCUT2D eigenvalue weighted by atomic mass is 16.5. The van der Waals surface area contributed by atoms with Crippen LogP contribution in [0.5, 0.6) is 0 Å². The molecule has 1 rings (SSSR count). The van der Waals surface area contributed by atoms with E-state index in [4.69, 9.17) is 4.74 Å². The van der Waals surface area contributed by atoms with Crippen LogP contribution in [-0.4, -0.2) is 12.1 Å². The molecule has 2 nitrogen and oxygen atoms in total. The summed E-state index contributed by atoms with van der Waals surface area (Å²) in [5.74, 6) is 0.0374. The van der Waals surface area contributed by atoms with E-state index in [2.05, 4.69) is 6.92 Å². The zero-order chi connectivity index (χ0) is 13.1. The number of ether oxygens (including phenoxy) is 1. The molecule has 0 amide bonds. The molecule has 1 saturated heterocycles. The van der Waals surface area contributed by atoms with Gasteiger partial charge in [0.05, 0.1) is 0 Å². The standard InChI is InChI=1S/C16H30O2/c1-2-3-12-15-13-10-8-6-4-5-7-9-11-14-16(17)18-15/h15H,2-14H2,1H3. The molecular weight excluding hydrogens is 224 g/mol. The maximum atomic E-state index is 11.7. The molecule has 0 radical (unpaired) electrons. The SMILES string of the molecule is CCCCC1CCCCCCCCCCC(=O)O1. The fraction of sp³-hybridized carbons (Fsp3) is 0.938. The Labute approximate surface area is 112 Å². The van der Waals surface area contributed by atoms with Gasteiger partial charge in [-0.25, -0.2) is 0 Å². The predicted molar refractivity (Wildman–Crippen MR) is 75.6 cm³/mol. The number of carbonyl (C=O) groups is 1. The van der Waals surface area contributed by atoms with E-state index in [0.29, 0.717) is 6.42 Å². The van der Waals surface area contributed by atoms with Gasteiger partial charge in [0, 0.05) is 6.42 Å². The minimum atomic E-state index is 0.0374. The van der Waals surface area contributed by atoms with Gasteiger partial charge in [-0.2, -0.15) is 0 Å². The quantitative estimate of drug-likeness (QED) is 0.662. The van der Waals surface area contributed by atoms with Crippen LogP contribution in [0.15, 0.2) is 0 Å². The molecule has 1 aliphatic heterocycles. The van der Waals surface area contributed by atoms with Gasteiger partial charge in [0.15, 0.2) is 0 Å². The number of unbranched alkanes of at least 4 members (excludes halogenated alkanes) is 1. The summed E-state index contributed by atoms with van der Waals surface area (Å²) in [6.45, 7) is 2.20. The molecular formula is C16H30O2. The Hall–Kier alpha value is -0.530. The molecule has 1 unspecified atom stereocenters. The van der Waals surface area contributed by atoms with Gasteiger partial charge in [0.1, 0.15) is 6.10 Å². The van der Waals surface area contributed by atoms with E-state index in [0.717, 1.165) is 19.3 Å². The summed E-state index contributed by atoms with van der Waals surface area (Å²) in [6, 6.07) is 0. The molecule has 0 aromatic rings. The summed E-state index contributed by atoms with van der Waals surface area (Å²) in [5.41, 5.74) is 0. The molecule has 1 atom stereocenters. The van der Waals surface area contributed by atoms with Crippen molar-refractivity contribution < 1.29 is 9.53 Å². The molecule has 18 heavy (non-hydrogen) atoms. The second-order valence-electron chi connectivity index (χ2n) is 5.62. The second-order valence-corrected chi connectivity index (χ2v) is 5.62. The van der Waals surface area contributed by atoms with Gasteiger partial charge < -0.3 is 4.74 Å². The first kappa shape index (κ1) is 15.5. The molecule has 0 aliphatic carbocycles. The first-order valence-electron chi connectivity index (χ1n) is 8.02. The molecule has 1 fully saturated rings. The summed E-state index contributed by atoms with van der Waals surface area (Å²) in [6.07, 6.45) is 15.4. The van der Waals surface area contributed by atoms with Gasteiger partial charge in [-0.1, -0.05) is 58.3 Å². The average Bonchev–Trinajstić information content (AvgIpc) is 2.38. The van der Waals surface area contributed by atoms with Crippen LogP contribution < -0.4 is 0 Å². The summed E-state index contributed by atoms with van der Waals surface area (Å²) >= 11 is 0. The molecule has 0 saturated carbocycles. The van der Waals surface area contributed by atoms with Crippen LogP contribution in [0, 0.1) is 0 Å². The largest absolute Gasteiger partial charge is 0.462 e. The Morgan fingerprint density at radius 3 is 2.28 bits per heavy atom. The van der Waals surface area contributed by atoms with Crippen molar-refractivity contribution in [2.75, 3.05) is 0 Å². The molecule has 2 heteroatoms. The van der Waals surface area contributed by atoms with E-state index in [-0.39, 0.29) is 12.1 Å². The minimum Gasteiger partial charge on any atom is -0.462 e. The zero-order valence-corrected chi connectivity index (χ0v) is 12.1. The number of hydrogen-bond acceptors (Lipinski definition) is 2. The van der Waals surface area contributed by atoms with Crippen LogP contribution in [0.3, 0.4) is 0 Å². The van der Waals surface area contributed by atoms with Crippen molar-refractivity contribution in [1.29, 1.82) is 0 Å². The van der Waals surface area contributed by atoms with Crippen LogP contribution in [-0.2, 0) is 9.53 Å². The number of esters is 1. The summed E-state index contributed by atoms with van der Waals surface area (Å²) in [5, 5.41) is 0. The highest BCUT2D eigenvalue weighted by molar-refractivity contribution is 5.69. The van der Waals surface area contributed by atoms with Crippen molar-refractivity contribution in [3.63, 3.8) is 0 Å². The van der Waals surface area contributed by atoms with E-state index in [1.54, 1.807) is 0 Å². The van der Waals surface area contributed by atoms with Crippen LogP contribution in [0.1, 0.15) is 90.4 Å². The fourth-order valence-corrected chi connectivity index (χ4v) is 2.64. The summed E-state index contributed by atoms with van der Waals surface area (Å²) < 4.78 is 5.63. The number of carbonyl (C=O) groups excluding carboxylic acids is 1. The van der Waals surface area contributed by atoms with Crippen molar-refractivity contribution in [2.45, 2.75) is 96.5 Å². The molecule has 0 N–H and O–H groups in total. The predicted octanol–water partition coefficient (Wildman–Crippen LogP) is 5.00. The van der Waals surface area contributed by atoms with Gasteiger partial charge in [0.25, 0.3) is 0 Å². The number of rotatable bonds is 3. The Kier molecular flexibility index (Phi) is 8.97. The van der Waals surface area contributed by atoms with Crippen molar-refractivity contribution >= 4 is 5.97 Å². The molecule has 0 aromatic carbocycles. The van der Waals surface area contributed by atoms with Crippen LogP contribution >= 0.6 is 0 Å². The lowest BCUT2D eigenvalue weighted by atomic mass is 10.0. The van der Waals surface area contributed by atoms with E-state index in [1.807, 2.05) is 0 Å². The van der Waals surface area contributed by atoms with Gasteiger partial charge in [-0.15, -0.1) is 0 Å². The molecule has 106 valence electrons. The highest BCUT2D eigenvalue weighted by Crippen LogP contribution is 2.18. The topological polar surface area (TPSA) is 26.3 Å². The van der Waals surface area contributed by atoms with E-state index >= 15 is 0 Å². The monoisotopic (exact) mass is 254 g/mol. The Morgan fingerprint density at radius 2 is 1.61 bits per heavy atom. The van der Waals surface area contributed by atoms with Gasteiger partial charge >= 0.3 is 5.97 Å². The van der Waals surface area contributed by atoms with E-state index < -0.39 is 0 Å². The Bertz CT molecular complexity index is 213. The van der Waals surface area contributed by atoms with Crippen molar-refractivity contribution in [3.8, 4) is 0 Å². The lowest BCUT2D eigenvalue weighted by molar-refractivity contribution is -0.150. The van der Waals surface area contributed by atoms with Crippen LogP contribution in [0.2, 0.25) is 0 Å². The molecule has 0 bridgehead atoms. The summed E-state index contributed by atoms with van der Waals surface area (Å²) in [4.78, 5) is 11.7. The summed E-state index contributed by atoms with van der Waals surface area (Å²) in [7, 11) is 0. The molecule has 0 aromatic heterocycles. The third-order valence-corrected chi connectivity index (χ3v) is 3.83. The number of cyclic esters (lactones) is 1. The smallest absolute Gasteiger partial charge is 0.306 e. The van der Waals surface area contributed by atoms with E-state index in [1.165, 1.54) is 57.8 Å². The molecule has 0 spiro atoms. The maximum absolute atomic E-state index is 11.7. The third-order valence-electron chi connectivity index (χ3n) is 3.83. The Balaban J connectivity index is 2.35. The Morgan fingerprint density at radius 1 is 1.00 bits per heavy atom. The van der Waals surface area contributed by atoms with Crippen molar-refractivity contribution in [2.24, 2.45) is 0 Å². The molecule has 1 aliphatic rings. The van der Waals surface area contributed by atoms with Gasteiger partial charge in [-0.05, 0) is 25.7 Å². The van der Waals surface area contributed by atoms with Crippen molar-refractivity contribution in [3.05, 3.63) is 0 Å². The number of hydrogen-bond donors (Lipinski definition) is 0. The molecule has 1 heterocycles. The van der Waals surface area contributed by atoms with Gasteiger partial charge in [0.2, 0.25) is 0 Å². The van der Waals surface area contributed by atoms with Crippen LogP contribution in [0.25, 0.3) is 0 Å². The lowest BCUT2D eigenvalue weighted by Gasteiger charge is -2.17. The van der Waals surface area contributed by atoms with Crippen molar-refractivity contribution in [1.82, 2.24) is 0 Å². The third kappa shape index (κ3) is 7.73. The minimum absolute atomic E-state index is 0.0374. The van der Waals surface area contributed by atoms with E-state index in [9.17, 15) is 4.79 Å². The maximum Gasteiger partial charge on any atom is 0.306 e. The second kappa shape index (κ2) is 10.4. The highest BCUT2D eigenvalue weighted by Gasteiger charge is 2.14. The lowest BCUT2D eigenvalue weighted by Crippen LogP contribution is -2.18.